The van der Waals surface area contributed by atoms with Crippen molar-refractivity contribution in [3.63, 3.8) is 0 Å². The van der Waals surface area contributed by atoms with Gasteiger partial charge in [-0.3, -0.25) is 0 Å². The van der Waals surface area contributed by atoms with Crippen LogP contribution in [0.1, 0.15) is 16.8 Å². The maximum atomic E-state index is 11.5. The predicted octanol–water partition coefficient (Wildman–Crippen LogP) is 2.72. The summed E-state index contributed by atoms with van der Waals surface area (Å²) in [4.78, 5) is 19.3. The molecule has 2 rings (SSSR count). The Morgan fingerprint density at radius 3 is 2.86 bits per heavy atom. The molecule has 1 amide bonds. The monoisotopic (exact) mass is 315 g/mol. The summed E-state index contributed by atoms with van der Waals surface area (Å²) in [7, 11) is 0. The molecule has 0 aliphatic heterocycles. The third kappa shape index (κ3) is 5.08. The van der Waals surface area contributed by atoms with Gasteiger partial charge in [-0.1, -0.05) is 42.2 Å². The minimum absolute atomic E-state index is 0.176. The van der Waals surface area contributed by atoms with Crippen LogP contribution < -0.4 is 5.32 Å². The molecule has 0 aliphatic rings. The Balaban J connectivity index is 1.76. The van der Waals surface area contributed by atoms with Crippen molar-refractivity contribution in [3.8, 4) is 11.8 Å². The minimum Gasteiger partial charge on any atom is -0.445 e. The van der Waals surface area contributed by atoms with E-state index in [0.717, 1.165) is 5.56 Å². The summed E-state index contributed by atoms with van der Waals surface area (Å²) in [5.41, 5.74) is 2.29. The summed E-state index contributed by atoms with van der Waals surface area (Å²) >= 11 is 5.66. The normalized spacial score (nSPS) is 9.55. The molecule has 2 aromatic rings. The fourth-order valence-corrected chi connectivity index (χ4v) is 1.77. The molecule has 0 radical (unpaired) electrons. The van der Waals surface area contributed by atoms with Gasteiger partial charge in [0, 0.05) is 6.20 Å². The minimum atomic E-state index is -0.512. The van der Waals surface area contributed by atoms with Crippen LogP contribution in [0.5, 0.6) is 0 Å². The molecule has 0 bridgehead atoms. The Labute approximate surface area is 133 Å². The van der Waals surface area contributed by atoms with Gasteiger partial charge < -0.3 is 10.1 Å². The van der Waals surface area contributed by atoms with Gasteiger partial charge in [0.15, 0.2) is 0 Å². The van der Waals surface area contributed by atoms with Crippen molar-refractivity contribution in [2.24, 2.45) is 0 Å². The number of carbonyl (C=O) groups excluding carboxylic acids is 1. The van der Waals surface area contributed by atoms with Crippen molar-refractivity contribution >= 4 is 17.7 Å². The van der Waals surface area contributed by atoms with Gasteiger partial charge in [0.25, 0.3) is 0 Å². The van der Waals surface area contributed by atoms with Gasteiger partial charge in [0.2, 0.25) is 5.28 Å². The van der Waals surface area contributed by atoms with Crippen LogP contribution in [-0.4, -0.2) is 22.6 Å². The molecule has 6 heteroatoms. The molecule has 112 valence electrons. The van der Waals surface area contributed by atoms with E-state index in [1.807, 2.05) is 30.3 Å². The average Bonchev–Trinajstić information content (AvgIpc) is 2.52. The third-order valence-electron chi connectivity index (χ3n) is 2.71. The summed E-state index contributed by atoms with van der Waals surface area (Å²) < 4.78 is 5.06. The van der Waals surface area contributed by atoms with Crippen LogP contribution in [0.3, 0.4) is 0 Å². The molecule has 1 N–H and O–H groups in total. The lowest BCUT2D eigenvalue weighted by Gasteiger charge is -2.04. The van der Waals surface area contributed by atoms with Crippen molar-refractivity contribution < 1.29 is 9.53 Å². The number of rotatable bonds is 3. The number of aromatic nitrogens is 2. The first-order valence-electron chi connectivity index (χ1n) is 6.57. The smallest absolute Gasteiger partial charge is 0.408 e. The standard InChI is InChI=1S/C16H14ClN3O2/c1-12-14(10-19-15(17)20-12)8-5-9-18-16(21)22-11-13-6-3-2-4-7-13/h2-4,6-7,10H,9,11H2,1H3,(H,18,21). The van der Waals surface area contributed by atoms with Gasteiger partial charge in [0.05, 0.1) is 17.8 Å². The Morgan fingerprint density at radius 2 is 2.14 bits per heavy atom. The van der Waals surface area contributed by atoms with E-state index >= 15 is 0 Å². The first kappa shape index (κ1) is 15.8. The number of amides is 1. The topological polar surface area (TPSA) is 64.1 Å². The molecule has 1 aromatic carbocycles. The predicted molar refractivity (Wildman–Crippen MR) is 83.3 cm³/mol. The molecule has 0 atom stereocenters. The van der Waals surface area contributed by atoms with E-state index in [4.69, 9.17) is 16.3 Å². The summed E-state index contributed by atoms with van der Waals surface area (Å²) in [5.74, 6) is 5.67. The maximum Gasteiger partial charge on any atom is 0.408 e. The zero-order chi connectivity index (χ0) is 15.8. The zero-order valence-corrected chi connectivity index (χ0v) is 12.7. The van der Waals surface area contributed by atoms with Gasteiger partial charge in [-0.05, 0) is 24.1 Å². The van der Waals surface area contributed by atoms with Gasteiger partial charge >= 0.3 is 6.09 Å². The third-order valence-corrected chi connectivity index (χ3v) is 2.89. The SMILES string of the molecule is Cc1nc(Cl)ncc1C#CCNC(=O)OCc1ccccc1. The van der Waals surface area contributed by atoms with Crippen LogP contribution in [0.2, 0.25) is 5.28 Å². The highest BCUT2D eigenvalue weighted by Crippen LogP contribution is 2.05. The summed E-state index contributed by atoms with van der Waals surface area (Å²) in [6, 6.07) is 9.45. The number of hydrogen-bond donors (Lipinski definition) is 1. The molecular formula is C16H14ClN3O2. The number of halogens is 1. The summed E-state index contributed by atoms with van der Waals surface area (Å²) in [5, 5.41) is 2.74. The highest BCUT2D eigenvalue weighted by Gasteiger charge is 2.01. The zero-order valence-electron chi connectivity index (χ0n) is 12.0. The van der Waals surface area contributed by atoms with Crippen LogP contribution in [0.4, 0.5) is 4.79 Å². The first-order valence-corrected chi connectivity index (χ1v) is 6.95. The fourth-order valence-electron chi connectivity index (χ4n) is 1.59. The molecule has 0 unspecified atom stereocenters. The highest BCUT2D eigenvalue weighted by atomic mass is 35.5. The number of carbonyl (C=O) groups is 1. The molecule has 1 aromatic heterocycles. The van der Waals surface area contributed by atoms with E-state index < -0.39 is 6.09 Å². The lowest BCUT2D eigenvalue weighted by Crippen LogP contribution is -2.24. The van der Waals surface area contributed by atoms with E-state index in [1.165, 1.54) is 0 Å². The van der Waals surface area contributed by atoms with Gasteiger partial charge in [0.1, 0.15) is 6.61 Å². The van der Waals surface area contributed by atoms with Crippen LogP contribution in [-0.2, 0) is 11.3 Å². The Hall–Kier alpha value is -2.58. The molecule has 0 fully saturated rings. The second-order valence-electron chi connectivity index (χ2n) is 4.36. The lowest BCUT2D eigenvalue weighted by atomic mass is 10.2. The molecule has 0 spiro atoms. The molecule has 22 heavy (non-hydrogen) atoms. The number of nitrogens with one attached hydrogen (secondary N) is 1. The molecule has 5 nitrogen and oxygen atoms in total. The number of aryl methyl sites for hydroxylation is 1. The van der Waals surface area contributed by atoms with E-state index in [9.17, 15) is 4.79 Å². The largest absolute Gasteiger partial charge is 0.445 e. The number of alkyl carbamates (subject to hydrolysis) is 1. The van der Waals surface area contributed by atoms with E-state index in [2.05, 4.69) is 27.1 Å². The Kier molecular flexibility index (Phi) is 5.75. The second kappa shape index (κ2) is 8.01. The molecule has 0 saturated heterocycles. The second-order valence-corrected chi connectivity index (χ2v) is 4.69. The van der Waals surface area contributed by atoms with E-state index in [1.54, 1.807) is 13.1 Å². The van der Waals surface area contributed by atoms with E-state index in [0.29, 0.717) is 11.3 Å². The number of ether oxygens (including phenoxy) is 1. The van der Waals surface area contributed by atoms with Crippen molar-refractivity contribution in [1.82, 2.24) is 15.3 Å². The number of benzene rings is 1. The van der Waals surface area contributed by atoms with Gasteiger partial charge in [-0.25, -0.2) is 14.8 Å². The van der Waals surface area contributed by atoms with Gasteiger partial charge in [-0.15, -0.1) is 0 Å². The van der Waals surface area contributed by atoms with Gasteiger partial charge in [-0.2, -0.15) is 0 Å². The molecule has 0 saturated carbocycles. The molecular weight excluding hydrogens is 302 g/mol. The van der Waals surface area contributed by atoms with Crippen molar-refractivity contribution in [3.05, 3.63) is 58.6 Å². The van der Waals surface area contributed by atoms with Crippen molar-refractivity contribution in [2.75, 3.05) is 6.54 Å². The molecule has 0 aliphatic carbocycles. The van der Waals surface area contributed by atoms with Crippen LogP contribution >= 0.6 is 11.6 Å². The van der Waals surface area contributed by atoms with Crippen LogP contribution in [0, 0.1) is 18.8 Å². The number of hydrogen-bond acceptors (Lipinski definition) is 4. The molecule has 1 heterocycles. The Morgan fingerprint density at radius 1 is 1.36 bits per heavy atom. The first-order chi connectivity index (χ1) is 10.6. The van der Waals surface area contributed by atoms with Crippen molar-refractivity contribution in [1.29, 1.82) is 0 Å². The maximum absolute atomic E-state index is 11.5. The summed E-state index contributed by atoms with van der Waals surface area (Å²) in [6.07, 6.45) is 1.04. The highest BCUT2D eigenvalue weighted by molar-refractivity contribution is 6.28. The average molecular weight is 316 g/mol. The van der Waals surface area contributed by atoms with Crippen LogP contribution in [0.25, 0.3) is 0 Å². The summed E-state index contributed by atoms with van der Waals surface area (Å²) in [6.45, 7) is 2.19. The van der Waals surface area contributed by atoms with Crippen molar-refractivity contribution in [2.45, 2.75) is 13.5 Å². The lowest BCUT2D eigenvalue weighted by molar-refractivity contribution is 0.141. The quantitative estimate of drug-likeness (QED) is 0.698. The number of nitrogens with zero attached hydrogens (tertiary/aromatic N) is 2. The van der Waals surface area contributed by atoms with Crippen LogP contribution in [0.15, 0.2) is 36.5 Å². The Bertz CT molecular complexity index is 708. The van der Waals surface area contributed by atoms with E-state index in [-0.39, 0.29) is 18.4 Å². The fraction of sp³-hybridized carbons (Fsp3) is 0.188.